The summed E-state index contributed by atoms with van der Waals surface area (Å²) < 4.78 is 0. The Bertz CT molecular complexity index is 979. The van der Waals surface area contributed by atoms with Crippen LogP contribution in [0.1, 0.15) is 56.6 Å². The molecule has 3 rings (SSSR count). The monoisotopic (exact) mass is 398 g/mol. The highest BCUT2D eigenvalue weighted by Crippen LogP contribution is 2.19. The quantitative estimate of drug-likeness (QED) is 0.591. The number of unbranched alkanes of at least 4 members (excludes halogenated alkanes) is 1. The number of nitrogens with one attached hydrogen (secondary N) is 1. The maximum atomic E-state index is 12.3. The maximum absolute atomic E-state index is 12.3. The van der Waals surface area contributed by atoms with Gasteiger partial charge in [-0.25, -0.2) is 4.98 Å². The van der Waals surface area contributed by atoms with Crippen molar-refractivity contribution >= 4 is 22.5 Å². The average Bonchev–Trinajstić information content (AvgIpc) is 2.67. The molecule has 148 valence electrons. The molecule has 28 heavy (non-hydrogen) atoms. The minimum absolute atomic E-state index is 0.119. The number of rotatable bonds is 8. The molecule has 3 N–H and O–H groups in total. The molecule has 0 saturated heterocycles. The molecule has 1 heterocycles. The topological polar surface area (TPSA) is 62.4 Å². The van der Waals surface area contributed by atoms with Crippen LogP contribution in [0.2, 0.25) is 5.02 Å². The predicted molar refractivity (Wildman–Crippen MR) is 116 cm³/mol. The molecule has 0 aliphatic rings. The Balaban J connectivity index is 1.76. The summed E-state index contributed by atoms with van der Waals surface area (Å²) in [6, 6.07) is 14.4. The molecule has 0 fully saturated rings. The summed E-state index contributed by atoms with van der Waals surface area (Å²) in [5.41, 5.74) is 3.22. The molecule has 4 nitrogen and oxygen atoms in total. The van der Waals surface area contributed by atoms with Gasteiger partial charge < -0.3 is 10.3 Å². The molecule has 5 heteroatoms. The minimum atomic E-state index is -0.119. The third-order valence-electron chi connectivity index (χ3n) is 5.18. The van der Waals surface area contributed by atoms with E-state index in [0.717, 1.165) is 6.42 Å². The number of nitrogens with zero attached hydrogens (tertiary/aromatic N) is 1. The van der Waals surface area contributed by atoms with E-state index in [-0.39, 0.29) is 5.56 Å². The SMILES string of the molecule is CCCCc1ccc([C@H]([NH2+]Cc2nc3cc(Cl)ccc3c(=O)[nH]2)C(C)C)cc1. The van der Waals surface area contributed by atoms with Crippen LogP contribution < -0.4 is 10.9 Å². The number of H-pyrrole nitrogens is 1. The molecule has 0 radical (unpaired) electrons. The first-order valence-corrected chi connectivity index (χ1v) is 10.5. The third kappa shape index (κ3) is 5.00. The summed E-state index contributed by atoms with van der Waals surface area (Å²) >= 11 is 6.06. The number of hydrogen-bond donors (Lipinski definition) is 2. The van der Waals surface area contributed by atoms with Crippen LogP contribution in [0, 0.1) is 5.92 Å². The maximum Gasteiger partial charge on any atom is 0.258 e. The minimum Gasteiger partial charge on any atom is -0.334 e. The summed E-state index contributed by atoms with van der Waals surface area (Å²) in [5, 5.41) is 3.40. The lowest BCUT2D eigenvalue weighted by Crippen LogP contribution is -2.85. The second kappa shape index (κ2) is 9.35. The molecule has 0 aliphatic heterocycles. The fraction of sp³-hybridized carbons (Fsp3) is 0.391. The van der Waals surface area contributed by atoms with Crippen LogP contribution in [-0.4, -0.2) is 9.97 Å². The van der Waals surface area contributed by atoms with Crippen LogP contribution in [0.25, 0.3) is 10.9 Å². The van der Waals surface area contributed by atoms with E-state index in [1.165, 1.54) is 24.0 Å². The van der Waals surface area contributed by atoms with E-state index in [0.29, 0.717) is 40.3 Å². The number of benzene rings is 2. The number of hydrogen-bond acceptors (Lipinski definition) is 2. The van der Waals surface area contributed by atoms with Crippen molar-refractivity contribution in [2.24, 2.45) is 5.92 Å². The van der Waals surface area contributed by atoms with E-state index in [2.05, 4.69) is 60.3 Å². The van der Waals surface area contributed by atoms with Gasteiger partial charge in [-0.3, -0.25) is 4.79 Å². The summed E-state index contributed by atoms with van der Waals surface area (Å²) in [4.78, 5) is 19.8. The lowest BCUT2D eigenvalue weighted by molar-refractivity contribution is -0.718. The molecule has 1 atom stereocenters. The Hall–Kier alpha value is -2.17. The van der Waals surface area contributed by atoms with Gasteiger partial charge in [0.2, 0.25) is 0 Å². The first kappa shape index (κ1) is 20.6. The summed E-state index contributed by atoms with van der Waals surface area (Å²) in [6.45, 7) is 7.28. The fourth-order valence-corrected chi connectivity index (χ4v) is 3.74. The van der Waals surface area contributed by atoms with Crippen LogP contribution in [0.3, 0.4) is 0 Å². The van der Waals surface area contributed by atoms with Gasteiger partial charge >= 0.3 is 0 Å². The number of aryl methyl sites for hydroxylation is 1. The fourth-order valence-electron chi connectivity index (χ4n) is 3.58. The van der Waals surface area contributed by atoms with Gasteiger partial charge in [-0.15, -0.1) is 0 Å². The Kier molecular flexibility index (Phi) is 6.87. The third-order valence-corrected chi connectivity index (χ3v) is 5.42. The molecule has 0 saturated carbocycles. The zero-order valence-electron chi connectivity index (χ0n) is 16.8. The lowest BCUT2D eigenvalue weighted by atomic mass is 9.94. The van der Waals surface area contributed by atoms with Crippen molar-refractivity contribution in [2.75, 3.05) is 0 Å². The van der Waals surface area contributed by atoms with Gasteiger partial charge in [-0.2, -0.15) is 0 Å². The van der Waals surface area contributed by atoms with Crippen molar-refractivity contribution in [3.05, 3.63) is 74.8 Å². The smallest absolute Gasteiger partial charge is 0.258 e. The molecule has 1 aromatic heterocycles. The zero-order valence-corrected chi connectivity index (χ0v) is 17.6. The molecule has 0 amide bonds. The molecule has 2 aromatic carbocycles. The van der Waals surface area contributed by atoms with E-state index in [1.807, 2.05) is 0 Å². The highest BCUT2D eigenvalue weighted by molar-refractivity contribution is 6.31. The number of quaternary nitrogens is 1. The number of nitrogens with two attached hydrogens (primary N) is 1. The molecular formula is C23H29ClN3O+. The predicted octanol–water partition coefficient (Wildman–Crippen LogP) is 4.38. The normalized spacial score (nSPS) is 12.6. The van der Waals surface area contributed by atoms with Crippen LogP contribution in [0.15, 0.2) is 47.3 Å². The van der Waals surface area contributed by atoms with Gasteiger partial charge in [0.25, 0.3) is 5.56 Å². The number of fused-ring (bicyclic) bond motifs is 1. The van der Waals surface area contributed by atoms with Gasteiger partial charge in [0, 0.05) is 16.5 Å². The van der Waals surface area contributed by atoms with Crippen LogP contribution in [0.5, 0.6) is 0 Å². The van der Waals surface area contributed by atoms with E-state index in [1.54, 1.807) is 18.2 Å². The van der Waals surface area contributed by atoms with Crippen molar-refractivity contribution in [1.82, 2.24) is 9.97 Å². The molecule has 0 spiro atoms. The van der Waals surface area contributed by atoms with Crippen LogP contribution >= 0.6 is 11.6 Å². The Labute approximate surface area is 171 Å². The molecular weight excluding hydrogens is 370 g/mol. The first-order valence-electron chi connectivity index (χ1n) is 10.1. The second-order valence-electron chi connectivity index (χ2n) is 7.73. The lowest BCUT2D eigenvalue weighted by Gasteiger charge is -2.20. The van der Waals surface area contributed by atoms with Crippen molar-refractivity contribution in [1.29, 1.82) is 0 Å². The van der Waals surface area contributed by atoms with Crippen molar-refractivity contribution in [3.8, 4) is 0 Å². The zero-order chi connectivity index (χ0) is 20.1. The first-order chi connectivity index (χ1) is 13.5. The van der Waals surface area contributed by atoms with E-state index in [9.17, 15) is 4.79 Å². The number of aromatic amines is 1. The van der Waals surface area contributed by atoms with Crippen LogP contribution in [0.4, 0.5) is 0 Å². The van der Waals surface area contributed by atoms with Crippen molar-refractivity contribution in [2.45, 2.75) is 52.6 Å². The van der Waals surface area contributed by atoms with E-state index < -0.39 is 0 Å². The highest BCUT2D eigenvalue weighted by atomic mass is 35.5. The van der Waals surface area contributed by atoms with E-state index >= 15 is 0 Å². The number of halogens is 1. The average molecular weight is 399 g/mol. The summed E-state index contributed by atoms with van der Waals surface area (Å²) in [5.74, 6) is 1.13. The van der Waals surface area contributed by atoms with E-state index in [4.69, 9.17) is 11.6 Å². The summed E-state index contributed by atoms with van der Waals surface area (Å²) in [7, 11) is 0. The van der Waals surface area contributed by atoms with Crippen molar-refractivity contribution in [3.63, 3.8) is 0 Å². The van der Waals surface area contributed by atoms with Gasteiger partial charge in [0.15, 0.2) is 5.82 Å². The Morgan fingerprint density at radius 2 is 1.89 bits per heavy atom. The van der Waals surface area contributed by atoms with Gasteiger partial charge in [-0.05, 0) is 36.6 Å². The largest absolute Gasteiger partial charge is 0.334 e. The Morgan fingerprint density at radius 1 is 1.14 bits per heavy atom. The van der Waals surface area contributed by atoms with Gasteiger partial charge in [0.05, 0.1) is 10.9 Å². The Morgan fingerprint density at radius 3 is 2.57 bits per heavy atom. The standard InChI is InChI=1S/C23H28ClN3O/c1-4-5-6-16-7-9-17(10-8-16)22(15(2)3)25-14-21-26-20-13-18(24)11-12-19(20)23(28)27-21/h7-13,15,22,25H,4-6,14H2,1-3H3,(H,26,27,28)/p+1/t22-/m1/s1. The molecule has 0 aliphatic carbocycles. The number of aromatic nitrogens is 2. The molecule has 0 unspecified atom stereocenters. The van der Waals surface area contributed by atoms with Crippen LogP contribution in [-0.2, 0) is 13.0 Å². The van der Waals surface area contributed by atoms with Crippen molar-refractivity contribution < 1.29 is 5.32 Å². The second-order valence-corrected chi connectivity index (χ2v) is 8.17. The molecule has 0 bridgehead atoms. The molecule has 3 aromatic rings. The van der Waals surface area contributed by atoms with Gasteiger partial charge in [0.1, 0.15) is 12.6 Å². The summed E-state index contributed by atoms with van der Waals surface area (Å²) in [6.07, 6.45) is 3.58. The highest BCUT2D eigenvalue weighted by Gasteiger charge is 2.20. The van der Waals surface area contributed by atoms with Gasteiger partial charge in [-0.1, -0.05) is 63.1 Å².